The number of unbranched alkanes of at least 4 members (excludes halogenated alkanes) is 18. The zero-order chi connectivity index (χ0) is 23.0. The van der Waals surface area contributed by atoms with E-state index >= 15 is 0 Å². The third-order valence-electron chi connectivity index (χ3n) is 6.01. The molecule has 0 radical (unpaired) electrons. The molecule has 0 aliphatic rings. The van der Waals surface area contributed by atoms with Gasteiger partial charge in [0.15, 0.2) is 0 Å². The highest BCUT2D eigenvalue weighted by Crippen LogP contribution is 2.19. The highest BCUT2D eigenvalue weighted by atomic mass is 31.1. The van der Waals surface area contributed by atoms with Crippen LogP contribution in [-0.2, 0) is 9.32 Å². The minimum atomic E-state index is 0.244. The molecule has 0 unspecified atom stereocenters. The smallest absolute Gasteiger partial charge is 0.0989 e. The Labute approximate surface area is 197 Å². The van der Waals surface area contributed by atoms with E-state index in [4.69, 9.17) is 4.52 Å². The summed E-state index contributed by atoms with van der Waals surface area (Å²) in [5.41, 5.74) is 0.244. The summed E-state index contributed by atoms with van der Waals surface area (Å²) in [7, 11) is 6.97. The number of carbonyl (C=O) groups excluding carboxylic acids is 1. The molecule has 0 saturated heterocycles. The van der Waals surface area contributed by atoms with Gasteiger partial charge >= 0.3 is 0 Å². The molecule has 0 heterocycles. The first-order valence-corrected chi connectivity index (χ1v) is 14.4. The van der Waals surface area contributed by atoms with Crippen molar-refractivity contribution in [3.63, 3.8) is 0 Å². The maximum absolute atomic E-state index is 11.8. The second-order valence-corrected chi connectivity index (χ2v) is 11.4. The van der Waals surface area contributed by atoms with Crippen LogP contribution in [0.3, 0.4) is 0 Å². The monoisotopic (exact) mass is 457 g/mol. The molecule has 0 amide bonds. The molecule has 0 atom stereocenters. The van der Waals surface area contributed by atoms with Crippen LogP contribution in [-0.4, -0.2) is 44.3 Å². The molecule has 186 valence electrons. The molecule has 0 fully saturated rings. The van der Waals surface area contributed by atoms with Gasteiger partial charge in [0.25, 0.3) is 0 Å². The van der Waals surface area contributed by atoms with Crippen molar-refractivity contribution in [1.82, 2.24) is 0 Å². The van der Waals surface area contributed by atoms with Crippen molar-refractivity contribution in [2.24, 2.45) is 0 Å². The van der Waals surface area contributed by atoms with Crippen molar-refractivity contribution in [3.05, 3.63) is 0 Å². The summed E-state index contributed by atoms with van der Waals surface area (Å²) in [5, 5.41) is 0. The Morgan fingerprint density at radius 3 is 1.32 bits per heavy atom. The van der Waals surface area contributed by atoms with E-state index in [2.05, 4.69) is 28.1 Å². The normalized spacial score (nSPS) is 12.3. The molecule has 0 aromatic heterocycles. The quantitative estimate of drug-likeness (QED) is 0.0777. The Hall–Kier alpha value is 0.0200. The summed E-state index contributed by atoms with van der Waals surface area (Å²) in [4.78, 5) is 11.8. The summed E-state index contributed by atoms with van der Waals surface area (Å²) >= 11 is 0. The van der Waals surface area contributed by atoms with Crippen LogP contribution in [0, 0.1) is 0 Å². The van der Waals surface area contributed by atoms with Crippen LogP contribution in [0.15, 0.2) is 0 Å². The third kappa shape index (κ3) is 28.0. The van der Waals surface area contributed by atoms with Crippen LogP contribution in [0.4, 0.5) is 0 Å². The first-order chi connectivity index (χ1) is 15.0. The highest BCUT2D eigenvalue weighted by Gasteiger charge is 2.03. The predicted molar refractivity (Wildman–Crippen MR) is 139 cm³/mol. The Bertz CT molecular complexity index is 382. The molecule has 0 aromatic carbocycles. The van der Waals surface area contributed by atoms with E-state index in [0.717, 1.165) is 17.4 Å². The van der Waals surface area contributed by atoms with Gasteiger partial charge in [-0.3, -0.25) is 0 Å². The first kappa shape index (κ1) is 31.0. The van der Waals surface area contributed by atoms with Crippen molar-refractivity contribution < 1.29 is 13.8 Å². The van der Waals surface area contributed by atoms with Gasteiger partial charge in [0, 0.05) is 5.52 Å². The van der Waals surface area contributed by atoms with Crippen LogP contribution in [0.25, 0.3) is 0 Å². The minimum Gasteiger partial charge on any atom is -0.546 e. The topological polar surface area (TPSA) is 26.3 Å². The van der Waals surface area contributed by atoms with Gasteiger partial charge in [0.2, 0.25) is 0 Å². The number of nitrogens with zero attached hydrogens (tertiary/aromatic N) is 1. The van der Waals surface area contributed by atoms with E-state index in [9.17, 15) is 4.79 Å². The zero-order valence-electron chi connectivity index (χ0n) is 21.8. The van der Waals surface area contributed by atoms with E-state index in [1.807, 2.05) is 0 Å². The van der Waals surface area contributed by atoms with E-state index in [1.54, 1.807) is 0 Å². The fraction of sp³-hybridized carbons (Fsp3) is 0.963. The molecule has 3 nitrogen and oxygen atoms in total. The maximum Gasteiger partial charge on any atom is 0.0989 e. The van der Waals surface area contributed by atoms with Gasteiger partial charge in [-0.15, -0.1) is 0 Å². The van der Waals surface area contributed by atoms with Gasteiger partial charge in [-0.2, -0.15) is 0 Å². The van der Waals surface area contributed by atoms with Crippen LogP contribution in [0.1, 0.15) is 135 Å². The second kappa shape index (κ2) is 23.2. The second-order valence-electron chi connectivity index (χ2n) is 10.4. The molecule has 0 N–H and O–H groups in total. The molecular weight excluding hydrogens is 401 g/mol. The molecule has 0 aliphatic carbocycles. The Morgan fingerprint density at radius 1 is 0.613 bits per heavy atom. The first-order valence-electron chi connectivity index (χ1n) is 13.6. The van der Waals surface area contributed by atoms with Crippen molar-refractivity contribution in [2.45, 2.75) is 135 Å². The lowest BCUT2D eigenvalue weighted by Gasteiger charge is -2.26. The van der Waals surface area contributed by atoms with Crippen molar-refractivity contribution in [3.8, 4) is 0 Å². The summed E-state index contributed by atoms with van der Waals surface area (Å²) in [5.74, 6) is 0. The summed E-state index contributed by atoms with van der Waals surface area (Å²) in [6.07, 6.45) is 27.0. The van der Waals surface area contributed by atoms with Crippen molar-refractivity contribution >= 4 is 14.3 Å². The number of rotatable bonds is 25. The van der Waals surface area contributed by atoms with E-state index in [-0.39, 0.29) is 5.52 Å². The van der Waals surface area contributed by atoms with Gasteiger partial charge < -0.3 is 22.6 Å². The van der Waals surface area contributed by atoms with Crippen molar-refractivity contribution in [2.75, 3.05) is 34.3 Å². The van der Waals surface area contributed by atoms with E-state index in [1.165, 1.54) is 116 Å². The average Bonchev–Trinajstić information content (AvgIpc) is 2.72. The molecule has 0 saturated carbocycles. The van der Waals surface area contributed by atoms with Gasteiger partial charge in [0.1, 0.15) is 0 Å². The fourth-order valence-electron chi connectivity index (χ4n) is 3.83. The number of likely N-dealkylation sites (N-methyl/N-ethyl adjacent to an activating group) is 1. The molecule has 0 spiro atoms. The Morgan fingerprint density at radius 2 is 0.968 bits per heavy atom. The van der Waals surface area contributed by atoms with E-state index in [0.29, 0.717) is 21.8 Å². The Balaban J connectivity index is 3.14. The maximum atomic E-state index is 11.8. The summed E-state index contributed by atoms with van der Waals surface area (Å²) < 4.78 is 6.35. The fourth-order valence-corrected chi connectivity index (χ4v) is 4.40. The number of hydrogen-bond donors (Lipinski definition) is 0. The minimum absolute atomic E-state index is 0.244. The predicted octanol–water partition coefficient (Wildman–Crippen LogP) is 8.92. The average molecular weight is 458 g/mol. The molecule has 0 aliphatic heterocycles. The number of hydrogen-bond acceptors (Lipinski definition) is 2. The summed E-state index contributed by atoms with van der Waals surface area (Å²) in [6, 6.07) is 0. The van der Waals surface area contributed by atoms with Gasteiger partial charge in [-0.25, -0.2) is 0 Å². The lowest BCUT2D eigenvalue weighted by molar-refractivity contribution is -0.870. The largest absolute Gasteiger partial charge is 0.546 e. The molecule has 31 heavy (non-hydrogen) atoms. The zero-order valence-corrected chi connectivity index (χ0v) is 22.7. The van der Waals surface area contributed by atoms with Crippen LogP contribution < -0.4 is 0 Å². The van der Waals surface area contributed by atoms with Gasteiger partial charge in [0.05, 0.1) is 34.3 Å². The number of carbonyl (C=O) groups is 1. The lowest BCUT2D eigenvalue weighted by atomic mass is 10.0. The van der Waals surface area contributed by atoms with Crippen LogP contribution >= 0.6 is 8.81 Å². The van der Waals surface area contributed by atoms with Crippen LogP contribution in [0.2, 0.25) is 0 Å². The highest BCUT2D eigenvalue weighted by molar-refractivity contribution is 7.53. The van der Waals surface area contributed by atoms with Crippen molar-refractivity contribution in [1.29, 1.82) is 0 Å². The van der Waals surface area contributed by atoms with Gasteiger partial charge in [-0.05, 0) is 12.8 Å². The SMILES string of the molecule is CCCCCCCCCCCCCCCCCCCCCC(=O)[P-]OCC[N+](C)(C)C. The van der Waals surface area contributed by atoms with E-state index < -0.39 is 0 Å². The lowest BCUT2D eigenvalue weighted by Crippen LogP contribution is -2.37. The molecular formula is C27H56NO2P. The number of quaternary nitrogens is 1. The molecule has 0 bridgehead atoms. The summed E-state index contributed by atoms with van der Waals surface area (Å²) in [6.45, 7) is 3.90. The molecule has 4 heteroatoms. The Kier molecular flexibility index (Phi) is 23.2. The standard InChI is InChI=1S/C27H56NO2P/c1-5-6-7-8-9-10-11-12-13-14-15-16-17-18-19-20-21-22-23-24-27(29)31-30-26-25-28(2,3)4/h5-26H2,1-4H3. The van der Waals surface area contributed by atoms with Crippen LogP contribution in [0.5, 0.6) is 0 Å². The van der Waals surface area contributed by atoms with Gasteiger partial charge in [-0.1, -0.05) is 122 Å². The molecule has 0 aromatic rings. The molecule has 0 rings (SSSR count). The third-order valence-corrected chi connectivity index (χ3v) is 6.75.